The minimum absolute atomic E-state index is 0.00429. The van der Waals surface area contributed by atoms with Gasteiger partial charge < -0.3 is 9.67 Å². The molecule has 2 aromatic rings. The standard InChI is InChI=1S/C11H14N4O4S2/c1-7-5-9(20-10(7)11(16)17)21(18,19)13-4-3-8-14-12-6-15(8)2/h5-6,13H,3-4H2,1-2H3,(H,16,17). The van der Waals surface area contributed by atoms with Crippen LogP contribution in [0.5, 0.6) is 0 Å². The molecule has 0 bridgehead atoms. The van der Waals surface area contributed by atoms with Gasteiger partial charge in [0, 0.05) is 20.0 Å². The van der Waals surface area contributed by atoms with Crippen molar-refractivity contribution in [1.82, 2.24) is 19.5 Å². The fourth-order valence-corrected chi connectivity index (χ4v) is 4.15. The van der Waals surface area contributed by atoms with E-state index in [0.29, 0.717) is 17.8 Å². The molecule has 2 aromatic heterocycles. The molecule has 21 heavy (non-hydrogen) atoms. The summed E-state index contributed by atoms with van der Waals surface area (Å²) in [6.07, 6.45) is 1.93. The van der Waals surface area contributed by atoms with Crippen LogP contribution in [0.15, 0.2) is 16.6 Å². The van der Waals surface area contributed by atoms with Gasteiger partial charge in [-0.15, -0.1) is 21.5 Å². The van der Waals surface area contributed by atoms with Crippen LogP contribution in [0.1, 0.15) is 21.1 Å². The first-order valence-corrected chi connectivity index (χ1v) is 8.27. The smallest absolute Gasteiger partial charge is 0.346 e. The number of carboxylic acids is 1. The zero-order valence-corrected chi connectivity index (χ0v) is 13.0. The van der Waals surface area contributed by atoms with E-state index in [1.165, 1.54) is 12.4 Å². The molecule has 0 aliphatic rings. The number of hydrogen-bond acceptors (Lipinski definition) is 6. The molecule has 10 heteroatoms. The molecule has 8 nitrogen and oxygen atoms in total. The Labute approximate surface area is 125 Å². The van der Waals surface area contributed by atoms with E-state index >= 15 is 0 Å². The van der Waals surface area contributed by atoms with E-state index in [1.54, 1.807) is 18.5 Å². The van der Waals surface area contributed by atoms with Gasteiger partial charge in [-0.1, -0.05) is 0 Å². The van der Waals surface area contributed by atoms with Gasteiger partial charge in [-0.05, 0) is 18.6 Å². The summed E-state index contributed by atoms with van der Waals surface area (Å²) in [7, 11) is -1.94. The van der Waals surface area contributed by atoms with Crippen molar-refractivity contribution in [3.05, 3.63) is 28.7 Å². The number of nitrogens with zero attached hydrogens (tertiary/aromatic N) is 3. The second-order valence-corrected chi connectivity index (χ2v) is 7.43. The predicted octanol–water partition coefficient (Wildman–Crippen LogP) is 0.404. The first kappa shape index (κ1) is 15.6. The van der Waals surface area contributed by atoms with Gasteiger partial charge >= 0.3 is 5.97 Å². The molecule has 0 saturated carbocycles. The van der Waals surface area contributed by atoms with E-state index in [0.717, 1.165) is 11.3 Å². The van der Waals surface area contributed by atoms with Crippen LogP contribution < -0.4 is 4.72 Å². The molecule has 2 N–H and O–H groups in total. The van der Waals surface area contributed by atoms with Crippen molar-refractivity contribution in [2.45, 2.75) is 17.6 Å². The maximum absolute atomic E-state index is 12.1. The quantitative estimate of drug-likeness (QED) is 0.792. The number of hydrogen-bond donors (Lipinski definition) is 2. The van der Waals surface area contributed by atoms with Gasteiger partial charge in [0.05, 0.1) is 0 Å². The van der Waals surface area contributed by atoms with E-state index in [-0.39, 0.29) is 15.6 Å². The van der Waals surface area contributed by atoms with E-state index in [9.17, 15) is 13.2 Å². The van der Waals surface area contributed by atoms with Crippen molar-refractivity contribution in [3.8, 4) is 0 Å². The van der Waals surface area contributed by atoms with Gasteiger partial charge in [-0.2, -0.15) is 0 Å². The van der Waals surface area contributed by atoms with Crippen molar-refractivity contribution in [2.75, 3.05) is 6.54 Å². The van der Waals surface area contributed by atoms with Gasteiger partial charge in [0.25, 0.3) is 0 Å². The van der Waals surface area contributed by atoms with Gasteiger partial charge in [0.1, 0.15) is 21.2 Å². The van der Waals surface area contributed by atoms with Crippen molar-refractivity contribution < 1.29 is 18.3 Å². The maximum Gasteiger partial charge on any atom is 0.346 e. The Kier molecular flexibility index (Phi) is 4.40. The Morgan fingerprint density at radius 1 is 1.52 bits per heavy atom. The molecule has 0 spiro atoms. The van der Waals surface area contributed by atoms with E-state index in [4.69, 9.17) is 5.11 Å². The third-order valence-electron chi connectivity index (χ3n) is 2.80. The lowest BCUT2D eigenvalue weighted by molar-refractivity contribution is 0.0701. The number of aryl methyl sites for hydroxylation is 2. The fraction of sp³-hybridized carbons (Fsp3) is 0.364. The molecule has 0 fully saturated rings. The number of sulfonamides is 1. The lowest BCUT2D eigenvalue weighted by Gasteiger charge is -2.04. The average Bonchev–Trinajstić information content (AvgIpc) is 2.96. The highest BCUT2D eigenvalue weighted by atomic mass is 32.2. The third kappa shape index (κ3) is 3.46. The molecule has 0 aliphatic heterocycles. The molecule has 2 heterocycles. The van der Waals surface area contributed by atoms with Crippen molar-refractivity contribution in [2.24, 2.45) is 7.05 Å². The van der Waals surface area contributed by atoms with Crippen LogP contribution in [0.2, 0.25) is 0 Å². The van der Waals surface area contributed by atoms with Crippen LogP contribution in [0, 0.1) is 6.92 Å². The normalized spacial score (nSPS) is 11.7. The van der Waals surface area contributed by atoms with Crippen LogP contribution in [0.25, 0.3) is 0 Å². The number of aromatic nitrogens is 3. The Balaban J connectivity index is 2.07. The van der Waals surface area contributed by atoms with Crippen LogP contribution in [0.4, 0.5) is 0 Å². The molecule has 0 atom stereocenters. The predicted molar refractivity (Wildman–Crippen MR) is 75.9 cm³/mol. The molecule has 0 aromatic carbocycles. The molecule has 0 aliphatic carbocycles. The summed E-state index contributed by atoms with van der Waals surface area (Å²) in [5.74, 6) is -0.468. The monoisotopic (exact) mass is 330 g/mol. The number of carboxylic acid groups (broad SMARTS) is 1. The largest absolute Gasteiger partial charge is 0.477 e. The second kappa shape index (κ2) is 5.92. The topological polar surface area (TPSA) is 114 Å². The van der Waals surface area contributed by atoms with Gasteiger partial charge in [-0.25, -0.2) is 17.9 Å². The summed E-state index contributed by atoms with van der Waals surface area (Å²) in [5.41, 5.74) is 0.432. The zero-order valence-electron chi connectivity index (χ0n) is 11.4. The molecule has 0 unspecified atom stereocenters. The molecule has 0 saturated heterocycles. The number of thiophene rings is 1. The van der Waals surface area contributed by atoms with Crippen molar-refractivity contribution >= 4 is 27.3 Å². The summed E-state index contributed by atoms with van der Waals surface area (Å²) in [5, 5.41) is 16.5. The van der Waals surface area contributed by atoms with Crippen LogP contribution >= 0.6 is 11.3 Å². The molecule has 2 rings (SSSR count). The van der Waals surface area contributed by atoms with Crippen molar-refractivity contribution in [3.63, 3.8) is 0 Å². The summed E-state index contributed by atoms with van der Waals surface area (Å²) in [4.78, 5) is 11.0. The average molecular weight is 330 g/mol. The summed E-state index contributed by atoms with van der Waals surface area (Å²) < 4.78 is 28.3. The second-order valence-electron chi connectivity index (χ2n) is 4.39. The molecule has 0 radical (unpaired) electrons. The molecule has 114 valence electrons. The van der Waals surface area contributed by atoms with Gasteiger partial charge in [-0.3, -0.25) is 0 Å². The van der Waals surface area contributed by atoms with Gasteiger partial charge in [0.15, 0.2) is 0 Å². The number of carbonyl (C=O) groups is 1. The highest BCUT2D eigenvalue weighted by molar-refractivity contribution is 7.91. The summed E-state index contributed by atoms with van der Waals surface area (Å²) >= 11 is 0.742. The summed E-state index contributed by atoms with van der Waals surface area (Å²) in [6.45, 7) is 1.73. The Morgan fingerprint density at radius 2 is 2.24 bits per heavy atom. The highest BCUT2D eigenvalue weighted by Gasteiger charge is 2.21. The van der Waals surface area contributed by atoms with Gasteiger partial charge in [0.2, 0.25) is 10.0 Å². The Bertz CT molecular complexity index is 763. The lowest BCUT2D eigenvalue weighted by Crippen LogP contribution is -2.26. The number of rotatable bonds is 6. The fourth-order valence-electron chi connectivity index (χ4n) is 1.70. The van der Waals surface area contributed by atoms with Crippen LogP contribution in [-0.2, 0) is 23.5 Å². The summed E-state index contributed by atoms with van der Waals surface area (Å²) in [6, 6.07) is 1.36. The van der Waals surface area contributed by atoms with E-state index in [2.05, 4.69) is 14.9 Å². The number of nitrogens with one attached hydrogen (secondary N) is 1. The maximum atomic E-state index is 12.1. The molecule has 0 amide bonds. The Hall–Kier alpha value is -1.78. The lowest BCUT2D eigenvalue weighted by atomic mass is 10.3. The SMILES string of the molecule is Cc1cc(S(=O)(=O)NCCc2nncn2C)sc1C(=O)O. The van der Waals surface area contributed by atoms with Crippen LogP contribution in [0.3, 0.4) is 0 Å². The molecular formula is C11H14N4O4S2. The minimum atomic E-state index is -3.71. The highest BCUT2D eigenvalue weighted by Crippen LogP contribution is 2.25. The first-order chi connectivity index (χ1) is 9.81. The van der Waals surface area contributed by atoms with E-state index in [1.807, 2.05) is 0 Å². The molecular weight excluding hydrogens is 316 g/mol. The zero-order chi connectivity index (χ0) is 15.6. The third-order valence-corrected chi connectivity index (χ3v) is 5.96. The number of aromatic carboxylic acids is 1. The van der Waals surface area contributed by atoms with Crippen molar-refractivity contribution in [1.29, 1.82) is 0 Å². The minimum Gasteiger partial charge on any atom is -0.477 e. The van der Waals surface area contributed by atoms with Crippen LogP contribution in [-0.4, -0.2) is 40.8 Å². The van der Waals surface area contributed by atoms with E-state index < -0.39 is 16.0 Å². The first-order valence-electron chi connectivity index (χ1n) is 5.97. The Morgan fingerprint density at radius 3 is 2.76 bits per heavy atom.